The van der Waals surface area contributed by atoms with Crippen molar-refractivity contribution in [2.45, 2.75) is 13.8 Å². The third-order valence-electron chi connectivity index (χ3n) is 4.13. The Morgan fingerprint density at radius 3 is 1.19 bits per heavy atom. The molecule has 0 aliphatic heterocycles. The molecule has 12 N–H and O–H groups in total. The van der Waals surface area contributed by atoms with Crippen LogP contribution in [-0.2, 0) is 0 Å². The highest BCUT2D eigenvalue weighted by Gasteiger charge is 2.23. The highest BCUT2D eigenvalue weighted by atomic mass is 16.3. The smallest absolute Gasteiger partial charge is 0.160 e. The van der Waals surface area contributed by atoms with Crippen molar-refractivity contribution in [3.05, 3.63) is 11.1 Å². The number of rotatable bonds is 0. The van der Waals surface area contributed by atoms with Crippen molar-refractivity contribution in [2.75, 3.05) is 34.4 Å². The Morgan fingerprint density at radius 1 is 0.524 bits per heavy atom. The van der Waals surface area contributed by atoms with E-state index in [0.29, 0.717) is 67.2 Å². The fraction of sp³-hybridized carbons (Fsp3) is 0.143. The van der Waals surface area contributed by atoms with Crippen LogP contribution in [0.15, 0.2) is 4.42 Å². The van der Waals surface area contributed by atoms with Gasteiger partial charge in [0.25, 0.3) is 0 Å². The second-order valence-corrected chi connectivity index (χ2v) is 5.24. The maximum atomic E-state index is 6.13. The topological polar surface area (TPSA) is 169 Å². The number of fused-ring (bicyclic) bond motifs is 3. The van der Waals surface area contributed by atoms with Crippen LogP contribution in [0.25, 0.3) is 21.9 Å². The van der Waals surface area contributed by atoms with Crippen LogP contribution >= 0.6 is 0 Å². The minimum Gasteiger partial charge on any atom is -0.452 e. The van der Waals surface area contributed by atoms with E-state index in [2.05, 4.69) is 0 Å². The van der Waals surface area contributed by atoms with Crippen molar-refractivity contribution in [3.63, 3.8) is 0 Å². The van der Waals surface area contributed by atoms with Crippen LogP contribution in [0.4, 0.5) is 34.1 Å². The monoisotopic (exact) mass is 286 g/mol. The average Bonchev–Trinajstić information content (AvgIpc) is 2.87. The molecule has 0 radical (unpaired) electrons. The molecule has 110 valence electrons. The normalized spacial score (nSPS) is 11.5. The zero-order valence-electron chi connectivity index (χ0n) is 11.9. The van der Waals surface area contributed by atoms with E-state index < -0.39 is 0 Å². The third kappa shape index (κ3) is 1.37. The molecule has 0 aliphatic carbocycles. The van der Waals surface area contributed by atoms with Gasteiger partial charge in [0.2, 0.25) is 0 Å². The van der Waals surface area contributed by atoms with Gasteiger partial charge in [-0.3, -0.25) is 0 Å². The van der Waals surface area contributed by atoms with E-state index in [9.17, 15) is 0 Å². The second-order valence-electron chi connectivity index (χ2n) is 5.24. The molecule has 1 aromatic heterocycles. The first-order chi connectivity index (χ1) is 9.77. The minimum absolute atomic E-state index is 0.366. The molecule has 0 spiro atoms. The van der Waals surface area contributed by atoms with Crippen LogP contribution < -0.4 is 34.4 Å². The predicted octanol–water partition coefficient (Wildman–Crippen LogP) is 1.70. The number of nitrogens with two attached hydrogens (primary N) is 6. The van der Waals surface area contributed by atoms with Gasteiger partial charge < -0.3 is 38.8 Å². The molecule has 3 aromatic rings. The number of hydrogen-bond donors (Lipinski definition) is 6. The fourth-order valence-electron chi connectivity index (χ4n) is 2.63. The van der Waals surface area contributed by atoms with Crippen LogP contribution in [0.1, 0.15) is 11.1 Å². The van der Waals surface area contributed by atoms with Crippen molar-refractivity contribution >= 4 is 56.1 Å². The molecule has 0 bridgehead atoms. The van der Waals surface area contributed by atoms with Gasteiger partial charge in [0.05, 0.1) is 44.9 Å². The number of nitrogen functional groups attached to an aromatic ring is 6. The van der Waals surface area contributed by atoms with E-state index >= 15 is 0 Å². The van der Waals surface area contributed by atoms with E-state index in [-0.39, 0.29) is 0 Å². The summed E-state index contributed by atoms with van der Waals surface area (Å²) in [7, 11) is 0. The van der Waals surface area contributed by atoms with E-state index in [0.717, 1.165) is 0 Å². The maximum absolute atomic E-state index is 6.13. The predicted molar refractivity (Wildman–Crippen MR) is 89.7 cm³/mol. The number of furan rings is 1. The molecule has 7 heteroatoms. The molecule has 0 unspecified atom stereocenters. The molecule has 0 aliphatic rings. The number of benzene rings is 2. The minimum atomic E-state index is 0.366. The van der Waals surface area contributed by atoms with Gasteiger partial charge in [0.1, 0.15) is 0 Å². The van der Waals surface area contributed by atoms with Gasteiger partial charge >= 0.3 is 0 Å². The zero-order chi connectivity index (χ0) is 15.6. The Morgan fingerprint density at radius 2 is 0.857 bits per heavy atom. The molecule has 0 saturated carbocycles. The lowest BCUT2D eigenvalue weighted by molar-refractivity contribution is 0.671. The van der Waals surface area contributed by atoms with Gasteiger partial charge in [0.15, 0.2) is 11.2 Å². The Balaban J connectivity index is 2.73. The molecule has 7 nitrogen and oxygen atoms in total. The summed E-state index contributed by atoms with van der Waals surface area (Å²) in [6.07, 6.45) is 0. The van der Waals surface area contributed by atoms with E-state index in [1.165, 1.54) is 0 Å². The van der Waals surface area contributed by atoms with Gasteiger partial charge in [-0.2, -0.15) is 0 Å². The molecule has 0 amide bonds. The molecule has 0 saturated heterocycles. The van der Waals surface area contributed by atoms with Crippen molar-refractivity contribution < 1.29 is 4.42 Å². The van der Waals surface area contributed by atoms with E-state index in [4.69, 9.17) is 38.8 Å². The van der Waals surface area contributed by atoms with Crippen LogP contribution in [-0.4, -0.2) is 0 Å². The summed E-state index contributed by atoms with van der Waals surface area (Å²) in [5, 5.41) is 1.11. The standard InChI is InChI=1S/C14H18N6O/c1-3-7(15)11(19)5-6-12(20)8(16)4(2)10(18)14(6)21-13(5)9(3)17/h15-20H2,1-2H3. The van der Waals surface area contributed by atoms with E-state index in [1.54, 1.807) is 13.8 Å². The van der Waals surface area contributed by atoms with Crippen molar-refractivity contribution in [2.24, 2.45) is 0 Å². The number of hydrogen-bond acceptors (Lipinski definition) is 7. The van der Waals surface area contributed by atoms with Crippen LogP contribution in [0.2, 0.25) is 0 Å². The van der Waals surface area contributed by atoms with Gasteiger partial charge in [0, 0.05) is 11.1 Å². The molecule has 0 atom stereocenters. The Kier molecular flexibility index (Phi) is 2.35. The third-order valence-corrected chi connectivity index (χ3v) is 4.13. The first-order valence-electron chi connectivity index (χ1n) is 6.39. The molecule has 21 heavy (non-hydrogen) atoms. The Hall–Kier alpha value is -2.96. The summed E-state index contributed by atoms with van der Waals surface area (Å²) < 4.78 is 5.83. The molecule has 3 rings (SSSR count). The van der Waals surface area contributed by atoms with Crippen LogP contribution in [0.5, 0.6) is 0 Å². The van der Waals surface area contributed by atoms with Crippen LogP contribution in [0.3, 0.4) is 0 Å². The molecular formula is C14H18N6O. The lowest BCUT2D eigenvalue weighted by atomic mass is 10.0. The van der Waals surface area contributed by atoms with Crippen molar-refractivity contribution in [3.8, 4) is 0 Å². The van der Waals surface area contributed by atoms with Gasteiger partial charge in [-0.15, -0.1) is 0 Å². The molecule has 1 heterocycles. The molecule has 0 fully saturated rings. The zero-order valence-corrected chi connectivity index (χ0v) is 11.9. The summed E-state index contributed by atoms with van der Waals surface area (Å²) in [4.78, 5) is 0. The second kappa shape index (κ2) is 3.78. The highest BCUT2D eigenvalue weighted by molar-refractivity contribution is 6.25. The van der Waals surface area contributed by atoms with Gasteiger partial charge in [-0.1, -0.05) is 0 Å². The quantitative estimate of drug-likeness (QED) is 0.341. The fourth-order valence-corrected chi connectivity index (χ4v) is 2.63. The molecular weight excluding hydrogens is 268 g/mol. The Labute approximate surface area is 120 Å². The largest absolute Gasteiger partial charge is 0.452 e. The summed E-state index contributed by atoms with van der Waals surface area (Å²) in [6, 6.07) is 0. The summed E-state index contributed by atoms with van der Waals surface area (Å²) in [5.41, 5.74) is 41.0. The summed E-state index contributed by atoms with van der Waals surface area (Å²) >= 11 is 0. The lowest BCUT2D eigenvalue weighted by Gasteiger charge is -2.11. The SMILES string of the molecule is Cc1c(N)c(N)c2c(oc3c(N)c(C)c(N)c(N)c32)c1N. The van der Waals surface area contributed by atoms with E-state index in [1.807, 2.05) is 0 Å². The lowest BCUT2D eigenvalue weighted by Crippen LogP contribution is -2.03. The maximum Gasteiger partial charge on any atom is 0.160 e. The average molecular weight is 286 g/mol. The van der Waals surface area contributed by atoms with Crippen LogP contribution in [0, 0.1) is 13.8 Å². The van der Waals surface area contributed by atoms with Crippen molar-refractivity contribution in [1.82, 2.24) is 0 Å². The summed E-state index contributed by atoms with van der Waals surface area (Å²) in [5.74, 6) is 0. The first kappa shape index (κ1) is 13.0. The summed E-state index contributed by atoms with van der Waals surface area (Å²) in [6.45, 7) is 3.56. The number of anilines is 6. The highest BCUT2D eigenvalue weighted by Crippen LogP contribution is 2.47. The van der Waals surface area contributed by atoms with Gasteiger partial charge in [-0.05, 0) is 13.8 Å². The van der Waals surface area contributed by atoms with Crippen molar-refractivity contribution in [1.29, 1.82) is 0 Å². The molecule has 2 aromatic carbocycles. The van der Waals surface area contributed by atoms with Gasteiger partial charge in [-0.25, -0.2) is 0 Å². The Bertz CT molecular complexity index is 851. The first-order valence-corrected chi connectivity index (χ1v) is 6.39.